The van der Waals surface area contributed by atoms with E-state index in [-0.39, 0.29) is 11.9 Å². The summed E-state index contributed by atoms with van der Waals surface area (Å²) in [5, 5.41) is 4.09. The molecule has 118 valence electrons. The van der Waals surface area contributed by atoms with E-state index in [9.17, 15) is 4.79 Å². The lowest BCUT2D eigenvalue weighted by molar-refractivity contribution is 0.0643. The molecule has 0 unspecified atom stereocenters. The van der Waals surface area contributed by atoms with Crippen LogP contribution in [-0.4, -0.2) is 71.9 Å². The predicted octanol–water partition coefficient (Wildman–Crippen LogP) is 0.849. The molecular weight excluding hydrogens is 268 g/mol. The second-order valence-electron chi connectivity index (χ2n) is 6.01. The van der Waals surface area contributed by atoms with E-state index in [1.807, 2.05) is 4.90 Å². The summed E-state index contributed by atoms with van der Waals surface area (Å²) in [5.41, 5.74) is 0.634. The highest BCUT2D eigenvalue weighted by Gasteiger charge is 2.31. The van der Waals surface area contributed by atoms with E-state index >= 15 is 0 Å². The zero-order chi connectivity index (χ0) is 15.4. The number of carbonyl (C=O) groups excluding carboxylic acids is 1. The lowest BCUT2D eigenvalue weighted by Gasteiger charge is -2.32. The van der Waals surface area contributed by atoms with Crippen LogP contribution in [0.25, 0.3) is 0 Å². The zero-order valence-electron chi connectivity index (χ0n) is 13.5. The summed E-state index contributed by atoms with van der Waals surface area (Å²) < 4.78 is 7.34. The SMILES string of the molecule is C[C@H]1[C@H](CCN(C)C)COCCN1C(=O)c1ccnn1C. The van der Waals surface area contributed by atoms with E-state index < -0.39 is 0 Å². The van der Waals surface area contributed by atoms with Crippen LogP contribution in [-0.2, 0) is 11.8 Å². The van der Waals surface area contributed by atoms with E-state index in [0.29, 0.717) is 24.8 Å². The van der Waals surface area contributed by atoms with Gasteiger partial charge in [0.2, 0.25) is 0 Å². The molecule has 0 aliphatic carbocycles. The number of hydrogen-bond donors (Lipinski definition) is 0. The number of rotatable bonds is 4. The first-order valence-electron chi connectivity index (χ1n) is 7.52. The molecule has 0 radical (unpaired) electrons. The number of aromatic nitrogens is 2. The highest BCUT2D eigenvalue weighted by molar-refractivity contribution is 5.92. The molecule has 0 bridgehead atoms. The maximum Gasteiger partial charge on any atom is 0.272 e. The van der Waals surface area contributed by atoms with Crippen LogP contribution in [0.2, 0.25) is 0 Å². The number of aryl methyl sites for hydroxylation is 1. The molecule has 1 aromatic rings. The first kappa shape index (κ1) is 16.0. The van der Waals surface area contributed by atoms with Crippen molar-refractivity contribution in [1.82, 2.24) is 19.6 Å². The van der Waals surface area contributed by atoms with E-state index in [2.05, 4.69) is 31.0 Å². The van der Waals surface area contributed by atoms with Gasteiger partial charge < -0.3 is 14.5 Å². The molecule has 0 spiro atoms. The second kappa shape index (κ2) is 7.04. The third kappa shape index (κ3) is 3.83. The minimum Gasteiger partial charge on any atom is -0.379 e. The first-order valence-corrected chi connectivity index (χ1v) is 7.52. The maximum atomic E-state index is 12.7. The van der Waals surface area contributed by atoms with E-state index in [4.69, 9.17) is 4.74 Å². The molecule has 2 rings (SSSR count). The van der Waals surface area contributed by atoms with Crippen LogP contribution in [0, 0.1) is 5.92 Å². The van der Waals surface area contributed by atoms with Crippen LogP contribution < -0.4 is 0 Å². The number of carbonyl (C=O) groups is 1. The van der Waals surface area contributed by atoms with Crippen LogP contribution in [0.4, 0.5) is 0 Å². The quantitative estimate of drug-likeness (QED) is 0.826. The molecule has 0 saturated carbocycles. The third-order valence-corrected chi connectivity index (χ3v) is 4.23. The molecule has 0 N–H and O–H groups in total. The van der Waals surface area contributed by atoms with Gasteiger partial charge in [-0.1, -0.05) is 0 Å². The fourth-order valence-electron chi connectivity index (χ4n) is 2.76. The van der Waals surface area contributed by atoms with Crippen LogP contribution in [0.15, 0.2) is 12.3 Å². The Balaban J connectivity index is 2.10. The summed E-state index contributed by atoms with van der Waals surface area (Å²) in [6.07, 6.45) is 2.69. The molecular formula is C15H26N4O2. The van der Waals surface area contributed by atoms with Gasteiger partial charge in [0.1, 0.15) is 5.69 Å². The van der Waals surface area contributed by atoms with Gasteiger partial charge in [-0.25, -0.2) is 0 Å². The largest absolute Gasteiger partial charge is 0.379 e. The molecule has 6 heteroatoms. The third-order valence-electron chi connectivity index (χ3n) is 4.23. The van der Waals surface area contributed by atoms with Crippen molar-refractivity contribution >= 4 is 5.91 Å². The van der Waals surface area contributed by atoms with Crippen molar-refractivity contribution in [1.29, 1.82) is 0 Å². The summed E-state index contributed by atoms with van der Waals surface area (Å²) in [7, 11) is 5.94. The Morgan fingerprint density at radius 1 is 1.52 bits per heavy atom. The second-order valence-corrected chi connectivity index (χ2v) is 6.01. The van der Waals surface area contributed by atoms with Crippen molar-refractivity contribution in [3.05, 3.63) is 18.0 Å². The Morgan fingerprint density at radius 2 is 2.29 bits per heavy atom. The molecule has 6 nitrogen and oxygen atoms in total. The highest BCUT2D eigenvalue weighted by Crippen LogP contribution is 2.21. The van der Waals surface area contributed by atoms with Crippen LogP contribution in [0.3, 0.4) is 0 Å². The predicted molar refractivity (Wildman–Crippen MR) is 81.2 cm³/mol. The van der Waals surface area contributed by atoms with E-state index in [0.717, 1.165) is 19.6 Å². The monoisotopic (exact) mass is 294 g/mol. The minimum absolute atomic E-state index is 0.0443. The number of amides is 1. The molecule has 1 aliphatic heterocycles. The van der Waals surface area contributed by atoms with Gasteiger partial charge in [-0.2, -0.15) is 5.10 Å². The van der Waals surface area contributed by atoms with Gasteiger partial charge >= 0.3 is 0 Å². The Kier molecular flexibility index (Phi) is 5.36. The van der Waals surface area contributed by atoms with Crippen LogP contribution >= 0.6 is 0 Å². The van der Waals surface area contributed by atoms with Crippen molar-refractivity contribution in [2.45, 2.75) is 19.4 Å². The molecule has 2 heterocycles. The average Bonchev–Trinajstić information content (AvgIpc) is 2.77. The zero-order valence-corrected chi connectivity index (χ0v) is 13.5. The molecule has 0 aromatic carbocycles. The summed E-state index contributed by atoms with van der Waals surface area (Å²) in [6, 6.07) is 1.95. The molecule has 1 fully saturated rings. The Bertz CT molecular complexity index is 472. The van der Waals surface area contributed by atoms with Crippen LogP contribution in [0.1, 0.15) is 23.8 Å². The van der Waals surface area contributed by atoms with E-state index in [1.165, 1.54) is 0 Å². The summed E-state index contributed by atoms with van der Waals surface area (Å²) >= 11 is 0. The molecule has 1 saturated heterocycles. The van der Waals surface area contributed by atoms with Gasteiger partial charge in [-0.05, 0) is 40.1 Å². The minimum atomic E-state index is 0.0443. The Hall–Kier alpha value is -1.40. The smallest absolute Gasteiger partial charge is 0.272 e. The molecule has 2 atom stereocenters. The van der Waals surface area contributed by atoms with Crippen molar-refractivity contribution < 1.29 is 9.53 Å². The Labute approximate surface area is 126 Å². The lowest BCUT2D eigenvalue weighted by atomic mass is 9.96. The average molecular weight is 294 g/mol. The number of ether oxygens (including phenoxy) is 1. The van der Waals surface area contributed by atoms with Crippen LogP contribution in [0.5, 0.6) is 0 Å². The van der Waals surface area contributed by atoms with Gasteiger partial charge in [-0.3, -0.25) is 9.48 Å². The van der Waals surface area contributed by atoms with Gasteiger partial charge in [0.25, 0.3) is 5.91 Å². The fourth-order valence-corrected chi connectivity index (χ4v) is 2.76. The van der Waals surface area contributed by atoms with Gasteiger partial charge in [0.15, 0.2) is 0 Å². The molecule has 1 amide bonds. The van der Waals surface area contributed by atoms with Crippen molar-refractivity contribution in [3.63, 3.8) is 0 Å². The summed E-state index contributed by atoms with van der Waals surface area (Å²) in [6.45, 7) is 5.11. The topological polar surface area (TPSA) is 50.6 Å². The van der Waals surface area contributed by atoms with Crippen molar-refractivity contribution in [2.24, 2.45) is 13.0 Å². The number of nitrogens with zero attached hydrogens (tertiary/aromatic N) is 4. The van der Waals surface area contributed by atoms with Gasteiger partial charge in [0.05, 0.1) is 13.2 Å². The first-order chi connectivity index (χ1) is 10.0. The lowest BCUT2D eigenvalue weighted by Crippen LogP contribution is -2.44. The maximum absolute atomic E-state index is 12.7. The summed E-state index contributed by atoms with van der Waals surface area (Å²) in [5.74, 6) is 0.412. The number of hydrogen-bond acceptors (Lipinski definition) is 4. The fraction of sp³-hybridized carbons (Fsp3) is 0.733. The molecule has 1 aliphatic rings. The molecule has 1 aromatic heterocycles. The normalized spacial score (nSPS) is 23.4. The Morgan fingerprint density at radius 3 is 2.90 bits per heavy atom. The van der Waals surface area contributed by atoms with Crippen molar-refractivity contribution in [3.8, 4) is 0 Å². The standard InChI is InChI=1S/C15H26N4O2/c1-12-13(6-8-17(2)3)11-21-10-9-19(12)15(20)14-5-7-16-18(14)4/h5,7,12-13H,6,8-11H2,1-4H3/t12-,13+/m0/s1. The summed E-state index contributed by atoms with van der Waals surface area (Å²) in [4.78, 5) is 16.8. The van der Waals surface area contributed by atoms with E-state index in [1.54, 1.807) is 24.0 Å². The van der Waals surface area contributed by atoms with Crippen molar-refractivity contribution in [2.75, 3.05) is 40.4 Å². The molecule has 21 heavy (non-hydrogen) atoms. The van der Waals surface area contributed by atoms with Gasteiger partial charge in [-0.15, -0.1) is 0 Å². The van der Waals surface area contributed by atoms with Gasteiger partial charge in [0, 0.05) is 31.7 Å². The highest BCUT2D eigenvalue weighted by atomic mass is 16.5.